The highest BCUT2D eigenvalue weighted by atomic mass is 16.7. The zero-order valence-corrected chi connectivity index (χ0v) is 14.6. The summed E-state index contributed by atoms with van der Waals surface area (Å²) in [7, 11) is 1.61. The molecule has 2 aromatic rings. The van der Waals surface area contributed by atoms with E-state index in [0.29, 0.717) is 29.4 Å². The Bertz CT molecular complexity index is 803. The van der Waals surface area contributed by atoms with Gasteiger partial charge in [0.25, 0.3) is 0 Å². The monoisotopic (exact) mass is 358 g/mol. The third kappa shape index (κ3) is 2.85. The molecule has 0 aliphatic carbocycles. The van der Waals surface area contributed by atoms with Gasteiger partial charge in [-0.2, -0.15) is 0 Å². The molecular formula is C20H22O6. The Hall–Kier alpha value is -2.44. The van der Waals surface area contributed by atoms with Gasteiger partial charge in [-0.3, -0.25) is 0 Å². The summed E-state index contributed by atoms with van der Waals surface area (Å²) >= 11 is 0. The molecule has 2 atom stereocenters. The fourth-order valence-corrected chi connectivity index (χ4v) is 3.62. The van der Waals surface area contributed by atoms with Crippen molar-refractivity contribution in [3.63, 3.8) is 0 Å². The summed E-state index contributed by atoms with van der Waals surface area (Å²) in [6, 6.07) is 9.68. The molecule has 2 aromatic carbocycles. The van der Waals surface area contributed by atoms with Crippen LogP contribution in [0.15, 0.2) is 30.3 Å². The molecule has 26 heavy (non-hydrogen) atoms. The number of methoxy groups -OCH3 is 1. The van der Waals surface area contributed by atoms with E-state index in [1.165, 1.54) is 0 Å². The second-order valence-corrected chi connectivity index (χ2v) is 6.48. The van der Waals surface area contributed by atoms with Gasteiger partial charge in [-0.05, 0) is 42.2 Å². The van der Waals surface area contributed by atoms with Gasteiger partial charge in [-0.25, -0.2) is 0 Å². The molecule has 2 N–H and O–H groups in total. The van der Waals surface area contributed by atoms with E-state index in [2.05, 4.69) is 0 Å². The topological polar surface area (TPSA) is 77.4 Å². The fourth-order valence-electron chi connectivity index (χ4n) is 3.62. The lowest BCUT2D eigenvalue weighted by atomic mass is 9.90. The predicted molar refractivity (Wildman–Crippen MR) is 94.2 cm³/mol. The zero-order valence-electron chi connectivity index (χ0n) is 14.6. The van der Waals surface area contributed by atoms with Crippen molar-refractivity contribution >= 4 is 0 Å². The maximum Gasteiger partial charge on any atom is 0.231 e. The molecule has 0 saturated carbocycles. The predicted octanol–water partition coefficient (Wildman–Crippen LogP) is 2.56. The second kappa shape index (κ2) is 7.05. The average Bonchev–Trinajstić information content (AvgIpc) is 3.28. The van der Waals surface area contributed by atoms with E-state index in [4.69, 9.17) is 24.1 Å². The van der Waals surface area contributed by atoms with Crippen LogP contribution in [-0.4, -0.2) is 37.3 Å². The summed E-state index contributed by atoms with van der Waals surface area (Å²) in [6.45, 7) is 0.313. The van der Waals surface area contributed by atoms with Crippen molar-refractivity contribution < 1.29 is 29.2 Å². The van der Waals surface area contributed by atoms with Crippen molar-refractivity contribution in [2.75, 3.05) is 27.1 Å². The van der Waals surface area contributed by atoms with Crippen LogP contribution in [-0.2, 0) is 6.42 Å². The van der Waals surface area contributed by atoms with Gasteiger partial charge in [0.15, 0.2) is 23.0 Å². The molecule has 2 aliphatic rings. The fraction of sp³-hybridized carbons (Fsp3) is 0.400. The summed E-state index contributed by atoms with van der Waals surface area (Å²) in [5.41, 5.74) is 2.91. The van der Waals surface area contributed by atoms with E-state index in [0.717, 1.165) is 23.1 Å². The van der Waals surface area contributed by atoms with E-state index in [9.17, 15) is 5.11 Å². The van der Waals surface area contributed by atoms with Crippen LogP contribution < -0.4 is 18.9 Å². The minimum atomic E-state index is -0.327. The molecule has 2 aliphatic heterocycles. The Labute approximate surface area is 151 Å². The summed E-state index contributed by atoms with van der Waals surface area (Å²) < 4.78 is 22.6. The summed E-state index contributed by atoms with van der Waals surface area (Å²) in [6.07, 6.45) is 1.09. The molecule has 0 spiro atoms. The zero-order chi connectivity index (χ0) is 18.1. The van der Waals surface area contributed by atoms with Gasteiger partial charge in [0.2, 0.25) is 6.79 Å². The van der Waals surface area contributed by atoms with Gasteiger partial charge in [-0.15, -0.1) is 0 Å². The molecule has 6 nitrogen and oxygen atoms in total. The van der Waals surface area contributed by atoms with E-state index < -0.39 is 0 Å². The maximum atomic E-state index is 10.1. The van der Waals surface area contributed by atoms with Crippen molar-refractivity contribution in [1.29, 1.82) is 0 Å². The Morgan fingerprint density at radius 1 is 1.12 bits per heavy atom. The van der Waals surface area contributed by atoms with E-state index in [-0.39, 0.29) is 32.0 Å². The lowest BCUT2D eigenvalue weighted by Gasteiger charge is -2.18. The van der Waals surface area contributed by atoms with Crippen LogP contribution in [0, 0.1) is 0 Å². The number of aliphatic hydroxyl groups is 2. The number of hydrogen-bond acceptors (Lipinski definition) is 6. The Balaban J connectivity index is 1.70. The van der Waals surface area contributed by atoms with Crippen LogP contribution in [0.25, 0.3) is 0 Å². The van der Waals surface area contributed by atoms with Crippen LogP contribution in [0.2, 0.25) is 0 Å². The summed E-state index contributed by atoms with van der Waals surface area (Å²) in [5.74, 6) is 2.52. The van der Waals surface area contributed by atoms with Crippen molar-refractivity contribution in [1.82, 2.24) is 0 Å². The van der Waals surface area contributed by atoms with E-state index in [1.54, 1.807) is 7.11 Å². The number of benzene rings is 2. The van der Waals surface area contributed by atoms with Crippen molar-refractivity contribution in [2.24, 2.45) is 0 Å². The largest absolute Gasteiger partial charge is 0.493 e. The van der Waals surface area contributed by atoms with Gasteiger partial charge in [0.1, 0.15) is 6.10 Å². The Kier molecular flexibility index (Phi) is 4.61. The molecule has 2 heterocycles. The number of aliphatic hydroxyl groups excluding tert-OH is 2. The van der Waals surface area contributed by atoms with Crippen LogP contribution in [0.3, 0.4) is 0 Å². The van der Waals surface area contributed by atoms with Crippen LogP contribution in [0.5, 0.6) is 23.0 Å². The normalized spacial score (nSPS) is 20.0. The standard InChI is InChI=1S/C20H22O6/c1-23-18-8-12(3-2-6-21)7-14-15(10-22)19(26-20(14)18)13-4-5-16-17(9-13)25-11-24-16/h4-5,7-9,15,19,21-22H,2-3,6,10-11H2,1H3/t15-,19-/m1/s1. The first-order valence-corrected chi connectivity index (χ1v) is 8.74. The average molecular weight is 358 g/mol. The molecule has 0 unspecified atom stereocenters. The third-order valence-corrected chi connectivity index (χ3v) is 4.92. The second-order valence-electron chi connectivity index (χ2n) is 6.48. The highest BCUT2D eigenvalue weighted by molar-refractivity contribution is 5.56. The SMILES string of the molecule is COc1cc(CCCO)cc2c1O[C@H](c1ccc3c(c1)OCO3)[C@@H]2CO. The van der Waals surface area contributed by atoms with Crippen molar-refractivity contribution in [3.05, 3.63) is 47.0 Å². The Morgan fingerprint density at radius 2 is 1.96 bits per heavy atom. The minimum absolute atomic E-state index is 0.0429. The minimum Gasteiger partial charge on any atom is -0.493 e. The maximum absolute atomic E-state index is 10.1. The number of hydrogen-bond donors (Lipinski definition) is 2. The van der Waals surface area contributed by atoms with Gasteiger partial charge in [-0.1, -0.05) is 12.1 Å². The lowest BCUT2D eigenvalue weighted by Crippen LogP contribution is -2.13. The van der Waals surface area contributed by atoms with Crippen LogP contribution >= 0.6 is 0 Å². The molecule has 0 aromatic heterocycles. The lowest BCUT2D eigenvalue weighted by molar-refractivity contribution is 0.156. The first kappa shape index (κ1) is 17.0. The first-order valence-electron chi connectivity index (χ1n) is 8.74. The number of aryl methyl sites for hydroxylation is 1. The highest BCUT2D eigenvalue weighted by Crippen LogP contribution is 2.51. The quantitative estimate of drug-likeness (QED) is 0.826. The number of fused-ring (bicyclic) bond motifs is 2. The summed E-state index contributed by atoms with van der Waals surface area (Å²) in [5, 5.41) is 19.1. The molecule has 138 valence electrons. The third-order valence-electron chi connectivity index (χ3n) is 4.92. The Morgan fingerprint density at radius 3 is 2.73 bits per heavy atom. The smallest absolute Gasteiger partial charge is 0.231 e. The highest BCUT2D eigenvalue weighted by Gasteiger charge is 2.38. The molecule has 0 fully saturated rings. The van der Waals surface area contributed by atoms with Gasteiger partial charge < -0.3 is 29.2 Å². The first-order chi connectivity index (χ1) is 12.7. The molecule has 0 saturated heterocycles. The molecule has 0 bridgehead atoms. The van der Waals surface area contributed by atoms with Crippen molar-refractivity contribution in [3.8, 4) is 23.0 Å². The van der Waals surface area contributed by atoms with Crippen LogP contribution in [0.1, 0.15) is 35.1 Å². The number of rotatable bonds is 6. The van der Waals surface area contributed by atoms with Crippen molar-refractivity contribution in [2.45, 2.75) is 24.9 Å². The molecule has 0 radical (unpaired) electrons. The molecule has 6 heteroatoms. The van der Waals surface area contributed by atoms with Crippen LogP contribution in [0.4, 0.5) is 0 Å². The van der Waals surface area contributed by atoms with Gasteiger partial charge >= 0.3 is 0 Å². The van der Waals surface area contributed by atoms with E-state index in [1.807, 2.05) is 30.3 Å². The van der Waals surface area contributed by atoms with Gasteiger partial charge in [0, 0.05) is 12.2 Å². The molecular weight excluding hydrogens is 336 g/mol. The summed E-state index contributed by atoms with van der Waals surface area (Å²) in [4.78, 5) is 0. The number of ether oxygens (including phenoxy) is 4. The molecule has 0 amide bonds. The van der Waals surface area contributed by atoms with Gasteiger partial charge in [0.05, 0.1) is 19.6 Å². The van der Waals surface area contributed by atoms with E-state index >= 15 is 0 Å². The molecule has 4 rings (SSSR count).